The van der Waals surface area contributed by atoms with Gasteiger partial charge in [0.15, 0.2) is 5.71 Å². The SMILES string of the molecule is CN(C)CCCNC(=O)C1CC(C(=O)O)=NO1. The molecule has 0 radical (unpaired) electrons. The topological polar surface area (TPSA) is 91.2 Å². The third kappa shape index (κ3) is 4.39. The van der Waals surface area contributed by atoms with Crippen molar-refractivity contribution < 1.29 is 19.5 Å². The summed E-state index contributed by atoms with van der Waals surface area (Å²) in [5.41, 5.74) is -0.113. The quantitative estimate of drug-likeness (QED) is 0.601. The first-order valence-electron chi connectivity index (χ1n) is 5.39. The Bertz CT molecular complexity index is 328. The van der Waals surface area contributed by atoms with Gasteiger partial charge < -0.3 is 20.2 Å². The standard InChI is InChI=1S/C10H17N3O4/c1-13(2)5-3-4-11-9(14)8-6-7(10(15)16)12-17-8/h8H,3-6H2,1-2H3,(H,11,14)(H,15,16). The largest absolute Gasteiger partial charge is 0.477 e. The summed E-state index contributed by atoms with van der Waals surface area (Å²) in [6, 6.07) is 0. The number of hydrogen-bond acceptors (Lipinski definition) is 5. The normalized spacial score (nSPS) is 18.8. The molecular weight excluding hydrogens is 226 g/mol. The number of nitrogens with one attached hydrogen (secondary N) is 1. The minimum absolute atomic E-state index is 0.0227. The smallest absolute Gasteiger partial charge is 0.353 e. The van der Waals surface area contributed by atoms with E-state index in [0.29, 0.717) is 6.54 Å². The lowest BCUT2D eigenvalue weighted by Crippen LogP contribution is -2.36. The number of carbonyl (C=O) groups excluding carboxylic acids is 1. The van der Waals surface area contributed by atoms with Crippen LogP contribution in [-0.4, -0.2) is 60.9 Å². The van der Waals surface area contributed by atoms with Crippen LogP contribution in [0.25, 0.3) is 0 Å². The molecule has 0 saturated heterocycles. The number of carbonyl (C=O) groups is 2. The molecule has 0 aromatic heterocycles. The summed E-state index contributed by atoms with van der Waals surface area (Å²) in [5.74, 6) is -1.46. The van der Waals surface area contributed by atoms with E-state index in [4.69, 9.17) is 9.94 Å². The van der Waals surface area contributed by atoms with Crippen LogP contribution in [0, 0.1) is 0 Å². The molecule has 7 nitrogen and oxygen atoms in total. The van der Waals surface area contributed by atoms with Crippen LogP contribution in [-0.2, 0) is 14.4 Å². The van der Waals surface area contributed by atoms with Gasteiger partial charge in [-0.2, -0.15) is 0 Å². The van der Waals surface area contributed by atoms with Crippen molar-refractivity contribution >= 4 is 17.6 Å². The minimum Gasteiger partial charge on any atom is -0.477 e. The molecule has 0 aromatic rings. The highest BCUT2D eigenvalue weighted by atomic mass is 16.6. The zero-order valence-electron chi connectivity index (χ0n) is 9.97. The van der Waals surface area contributed by atoms with E-state index < -0.39 is 12.1 Å². The number of amides is 1. The van der Waals surface area contributed by atoms with Crippen molar-refractivity contribution in [1.29, 1.82) is 0 Å². The number of carboxylic acid groups (broad SMARTS) is 1. The van der Waals surface area contributed by atoms with Crippen molar-refractivity contribution in [2.24, 2.45) is 5.16 Å². The Morgan fingerprint density at radius 1 is 1.59 bits per heavy atom. The van der Waals surface area contributed by atoms with E-state index in [0.717, 1.165) is 13.0 Å². The molecule has 1 atom stereocenters. The molecule has 0 aliphatic carbocycles. The van der Waals surface area contributed by atoms with Gasteiger partial charge in [0.1, 0.15) is 0 Å². The number of nitrogens with zero attached hydrogens (tertiary/aromatic N) is 2. The zero-order chi connectivity index (χ0) is 12.8. The first-order valence-corrected chi connectivity index (χ1v) is 5.39. The van der Waals surface area contributed by atoms with Crippen LogP contribution in [0.2, 0.25) is 0 Å². The second-order valence-electron chi connectivity index (χ2n) is 4.09. The fourth-order valence-corrected chi connectivity index (χ4v) is 1.37. The Morgan fingerprint density at radius 2 is 2.29 bits per heavy atom. The van der Waals surface area contributed by atoms with E-state index in [1.807, 2.05) is 19.0 Å². The van der Waals surface area contributed by atoms with Gasteiger partial charge in [-0.3, -0.25) is 4.79 Å². The van der Waals surface area contributed by atoms with E-state index in [2.05, 4.69) is 10.5 Å². The summed E-state index contributed by atoms with van der Waals surface area (Å²) in [6.07, 6.45) is 0.0490. The van der Waals surface area contributed by atoms with E-state index >= 15 is 0 Å². The lowest BCUT2D eigenvalue weighted by atomic mass is 10.1. The molecule has 2 N–H and O–H groups in total. The molecular formula is C10H17N3O4. The first kappa shape index (κ1) is 13.4. The molecule has 0 bridgehead atoms. The third-order valence-electron chi connectivity index (χ3n) is 2.29. The maximum atomic E-state index is 11.5. The summed E-state index contributed by atoms with van der Waals surface area (Å²) >= 11 is 0. The lowest BCUT2D eigenvalue weighted by molar-refractivity contribution is -0.131. The summed E-state index contributed by atoms with van der Waals surface area (Å²) in [6.45, 7) is 1.42. The third-order valence-corrected chi connectivity index (χ3v) is 2.29. The number of oxime groups is 1. The van der Waals surface area contributed by atoms with Gasteiger partial charge in [0, 0.05) is 13.0 Å². The zero-order valence-corrected chi connectivity index (χ0v) is 9.97. The van der Waals surface area contributed by atoms with Gasteiger partial charge in [-0.25, -0.2) is 4.79 Å². The van der Waals surface area contributed by atoms with Crippen molar-refractivity contribution in [3.05, 3.63) is 0 Å². The molecule has 1 heterocycles. The molecule has 7 heteroatoms. The van der Waals surface area contributed by atoms with Crippen LogP contribution in [0.3, 0.4) is 0 Å². The summed E-state index contributed by atoms with van der Waals surface area (Å²) in [5, 5.41) is 14.7. The van der Waals surface area contributed by atoms with Gasteiger partial charge in [0.2, 0.25) is 6.10 Å². The van der Waals surface area contributed by atoms with E-state index in [1.54, 1.807) is 0 Å². The van der Waals surface area contributed by atoms with Crippen LogP contribution < -0.4 is 5.32 Å². The van der Waals surface area contributed by atoms with Gasteiger partial charge in [0.05, 0.1) is 0 Å². The highest BCUT2D eigenvalue weighted by Crippen LogP contribution is 2.10. The molecule has 1 aliphatic heterocycles. The van der Waals surface area contributed by atoms with Crippen LogP contribution >= 0.6 is 0 Å². The Morgan fingerprint density at radius 3 is 2.82 bits per heavy atom. The number of carboxylic acids is 1. The van der Waals surface area contributed by atoms with Crippen molar-refractivity contribution in [3.63, 3.8) is 0 Å². The maximum Gasteiger partial charge on any atom is 0.353 e. The average molecular weight is 243 g/mol. The highest BCUT2D eigenvalue weighted by molar-refractivity contribution is 6.36. The highest BCUT2D eigenvalue weighted by Gasteiger charge is 2.31. The Balaban J connectivity index is 2.20. The van der Waals surface area contributed by atoms with Crippen molar-refractivity contribution in [2.45, 2.75) is 18.9 Å². The average Bonchev–Trinajstić information content (AvgIpc) is 2.73. The van der Waals surface area contributed by atoms with Crippen LogP contribution in [0.1, 0.15) is 12.8 Å². The molecule has 0 aromatic carbocycles. The molecule has 96 valence electrons. The van der Waals surface area contributed by atoms with Crippen molar-refractivity contribution in [3.8, 4) is 0 Å². The van der Waals surface area contributed by atoms with E-state index in [1.165, 1.54) is 0 Å². The molecule has 1 aliphatic rings. The predicted octanol–water partition coefficient (Wildman–Crippen LogP) is -0.716. The molecule has 1 unspecified atom stereocenters. The second-order valence-corrected chi connectivity index (χ2v) is 4.09. The number of rotatable bonds is 6. The minimum atomic E-state index is -1.15. The van der Waals surface area contributed by atoms with Crippen molar-refractivity contribution in [1.82, 2.24) is 10.2 Å². The van der Waals surface area contributed by atoms with E-state index in [-0.39, 0.29) is 18.0 Å². The molecule has 0 spiro atoms. The summed E-state index contributed by atoms with van der Waals surface area (Å²) in [7, 11) is 3.91. The Labute approximate surface area is 99.4 Å². The fourth-order valence-electron chi connectivity index (χ4n) is 1.37. The van der Waals surface area contributed by atoms with Gasteiger partial charge in [-0.15, -0.1) is 0 Å². The Hall–Kier alpha value is -1.63. The number of hydrogen-bond donors (Lipinski definition) is 2. The van der Waals surface area contributed by atoms with Crippen LogP contribution in [0.15, 0.2) is 5.16 Å². The molecule has 0 fully saturated rings. The molecule has 17 heavy (non-hydrogen) atoms. The fraction of sp³-hybridized carbons (Fsp3) is 0.700. The first-order chi connectivity index (χ1) is 8.00. The van der Waals surface area contributed by atoms with Crippen LogP contribution in [0.5, 0.6) is 0 Å². The number of aliphatic carboxylic acids is 1. The van der Waals surface area contributed by atoms with Gasteiger partial charge in [-0.05, 0) is 27.1 Å². The second kappa shape index (κ2) is 6.19. The summed E-state index contributed by atoms with van der Waals surface area (Å²) in [4.78, 5) is 28.9. The van der Waals surface area contributed by atoms with Crippen molar-refractivity contribution in [2.75, 3.05) is 27.2 Å². The predicted molar refractivity (Wildman–Crippen MR) is 60.7 cm³/mol. The van der Waals surface area contributed by atoms with Gasteiger partial charge >= 0.3 is 5.97 Å². The van der Waals surface area contributed by atoms with Gasteiger partial charge in [0.25, 0.3) is 5.91 Å². The van der Waals surface area contributed by atoms with E-state index in [9.17, 15) is 9.59 Å². The Kier molecular flexibility index (Phi) is 4.89. The molecule has 0 saturated carbocycles. The van der Waals surface area contributed by atoms with Crippen LogP contribution in [0.4, 0.5) is 0 Å². The lowest BCUT2D eigenvalue weighted by Gasteiger charge is -2.11. The summed E-state index contributed by atoms with van der Waals surface area (Å²) < 4.78 is 0. The van der Waals surface area contributed by atoms with Gasteiger partial charge in [-0.1, -0.05) is 5.16 Å². The monoisotopic (exact) mass is 243 g/mol. The molecule has 1 rings (SSSR count). The maximum absolute atomic E-state index is 11.5. The molecule has 1 amide bonds.